The number of benzene rings is 2. The first kappa shape index (κ1) is 20.4. The van der Waals surface area contributed by atoms with E-state index in [1.54, 1.807) is 12.1 Å². The Balaban J connectivity index is 1.30. The molecule has 2 amide bonds. The largest absolute Gasteiger partial charge is 0.358 e. The number of fused-ring (bicyclic) bond motifs is 1. The molecular weight excluding hydrogens is 400 g/mol. The van der Waals surface area contributed by atoms with Gasteiger partial charge >= 0.3 is 0 Å². The van der Waals surface area contributed by atoms with Gasteiger partial charge in [-0.1, -0.05) is 41.9 Å². The van der Waals surface area contributed by atoms with Crippen LogP contribution < -0.4 is 5.32 Å². The summed E-state index contributed by atoms with van der Waals surface area (Å²) in [7, 11) is 0. The van der Waals surface area contributed by atoms with Gasteiger partial charge in [0.25, 0.3) is 0 Å². The highest BCUT2D eigenvalue weighted by Crippen LogP contribution is 2.23. The molecular formula is C23H25ClN4O2. The van der Waals surface area contributed by atoms with E-state index in [1.807, 2.05) is 42.2 Å². The zero-order chi connectivity index (χ0) is 21.1. The van der Waals surface area contributed by atoms with E-state index in [9.17, 15) is 9.59 Å². The molecule has 1 aliphatic heterocycles. The van der Waals surface area contributed by atoms with E-state index in [0.717, 1.165) is 22.2 Å². The molecule has 7 heteroatoms. The van der Waals surface area contributed by atoms with E-state index in [2.05, 4.69) is 21.3 Å². The van der Waals surface area contributed by atoms with E-state index in [1.165, 1.54) is 0 Å². The van der Waals surface area contributed by atoms with Crippen LogP contribution in [0.4, 0.5) is 5.69 Å². The number of amides is 2. The number of nitrogens with one attached hydrogen (secondary N) is 2. The van der Waals surface area contributed by atoms with E-state index < -0.39 is 0 Å². The van der Waals surface area contributed by atoms with Crippen LogP contribution >= 0.6 is 11.6 Å². The van der Waals surface area contributed by atoms with Crippen LogP contribution in [0.25, 0.3) is 10.9 Å². The van der Waals surface area contributed by atoms with Gasteiger partial charge in [0, 0.05) is 42.8 Å². The van der Waals surface area contributed by atoms with E-state index >= 15 is 0 Å². The Kier molecular flexibility index (Phi) is 6.06. The summed E-state index contributed by atoms with van der Waals surface area (Å²) in [5.74, 6) is 0.0281. The predicted octanol–water partition coefficient (Wildman–Crippen LogP) is 3.46. The van der Waals surface area contributed by atoms with Crippen LogP contribution in [-0.2, 0) is 16.0 Å². The van der Waals surface area contributed by atoms with Gasteiger partial charge in [0.05, 0.1) is 23.7 Å². The fourth-order valence-corrected chi connectivity index (χ4v) is 4.12. The van der Waals surface area contributed by atoms with Crippen molar-refractivity contribution in [2.24, 2.45) is 0 Å². The predicted molar refractivity (Wildman–Crippen MR) is 120 cm³/mol. The molecule has 0 aliphatic carbocycles. The number of anilines is 1. The summed E-state index contributed by atoms with van der Waals surface area (Å²) in [6.07, 6.45) is 0.392. The minimum absolute atomic E-state index is 0.0997. The van der Waals surface area contributed by atoms with Gasteiger partial charge in [-0.15, -0.1) is 0 Å². The number of H-pyrrole nitrogens is 1. The molecule has 1 aromatic heterocycles. The first-order valence-corrected chi connectivity index (χ1v) is 10.5. The van der Waals surface area contributed by atoms with Gasteiger partial charge in [-0.2, -0.15) is 0 Å². The Bertz CT molecular complexity index is 1070. The van der Waals surface area contributed by atoms with Gasteiger partial charge < -0.3 is 15.2 Å². The van der Waals surface area contributed by atoms with Crippen LogP contribution in [0, 0.1) is 6.92 Å². The van der Waals surface area contributed by atoms with Crippen LogP contribution in [0.2, 0.25) is 5.02 Å². The number of hydrogen-bond acceptors (Lipinski definition) is 3. The lowest BCUT2D eigenvalue weighted by molar-refractivity contribution is -0.132. The maximum absolute atomic E-state index is 12.9. The molecule has 1 fully saturated rings. The van der Waals surface area contributed by atoms with Crippen molar-refractivity contribution >= 4 is 40.0 Å². The monoisotopic (exact) mass is 424 g/mol. The van der Waals surface area contributed by atoms with Crippen molar-refractivity contribution < 1.29 is 9.59 Å². The van der Waals surface area contributed by atoms with Gasteiger partial charge in [-0.25, -0.2) is 0 Å². The van der Waals surface area contributed by atoms with E-state index in [0.29, 0.717) is 43.3 Å². The Hall–Kier alpha value is -2.83. The first-order chi connectivity index (χ1) is 14.5. The molecule has 0 unspecified atom stereocenters. The number of hydrogen-bond donors (Lipinski definition) is 2. The van der Waals surface area contributed by atoms with Crippen LogP contribution in [-0.4, -0.2) is 59.3 Å². The lowest BCUT2D eigenvalue weighted by Gasteiger charge is -2.34. The summed E-state index contributed by atoms with van der Waals surface area (Å²) in [5, 5.41) is 4.48. The van der Waals surface area contributed by atoms with Crippen molar-refractivity contribution in [3.8, 4) is 0 Å². The van der Waals surface area contributed by atoms with Gasteiger partial charge in [-0.3, -0.25) is 14.5 Å². The van der Waals surface area contributed by atoms with Crippen LogP contribution in [0.3, 0.4) is 0 Å². The zero-order valence-corrected chi connectivity index (χ0v) is 17.7. The summed E-state index contributed by atoms with van der Waals surface area (Å²) < 4.78 is 0. The summed E-state index contributed by atoms with van der Waals surface area (Å²) in [4.78, 5) is 32.5. The molecule has 0 radical (unpaired) electrons. The maximum Gasteiger partial charge on any atom is 0.238 e. The summed E-state index contributed by atoms with van der Waals surface area (Å²) >= 11 is 6.10. The van der Waals surface area contributed by atoms with Crippen molar-refractivity contribution in [1.82, 2.24) is 14.8 Å². The highest BCUT2D eigenvalue weighted by Gasteiger charge is 2.24. The number of nitrogens with zero attached hydrogens (tertiary/aromatic N) is 2. The van der Waals surface area contributed by atoms with Gasteiger partial charge in [0.15, 0.2) is 0 Å². The van der Waals surface area contributed by atoms with Gasteiger partial charge in [-0.05, 0) is 30.7 Å². The number of aromatic amines is 1. The minimum Gasteiger partial charge on any atom is -0.358 e. The zero-order valence-electron chi connectivity index (χ0n) is 17.0. The Labute approximate surface area is 180 Å². The summed E-state index contributed by atoms with van der Waals surface area (Å²) in [6, 6.07) is 15.3. The maximum atomic E-state index is 12.9. The quantitative estimate of drug-likeness (QED) is 0.659. The van der Waals surface area contributed by atoms with Crippen molar-refractivity contribution in [3.05, 3.63) is 64.8 Å². The number of rotatable bonds is 5. The number of aromatic nitrogens is 1. The van der Waals surface area contributed by atoms with Crippen molar-refractivity contribution in [1.29, 1.82) is 0 Å². The lowest BCUT2D eigenvalue weighted by Crippen LogP contribution is -2.50. The molecule has 6 nitrogen and oxygen atoms in total. The lowest BCUT2D eigenvalue weighted by atomic mass is 10.1. The molecule has 0 saturated carbocycles. The normalized spacial score (nSPS) is 14.8. The molecule has 0 atom stereocenters. The fourth-order valence-electron chi connectivity index (χ4n) is 3.94. The number of halogens is 1. The molecule has 156 valence electrons. The number of carbonyl (C=O) groups excluding carboxylic acids is 2. The topological polar surface area (TPSA) is 68.4 Å². The van der Waals surface area contributed by atoms with E-state index in [-0.39, 0.29) is 18.4 Å². The van der Waals surface area contributed by atoms with Crippen LogP contribution in [0.5, 0.6) is 0 Å². The standard InChI is InChI=1S/C23H25ClN4O2/c1-16-18(17-6-2-4-8-20(17)25-16)14-23(30)28-12-10-27(11-13-28)15-22(29)26-21-9-5-3-7-19(21)24/h2-9,25H,10-15H2,1H3,(H,26,29). The summed E-state index contributed by atoms with van der Waals surface area (Å²) in [5.41, 5.74) is 3.79. The molecule has 0 bridgehead atoms. The van der Waals surface area contributed by atoms with Crippen molar-refractivity contribution in [2.45, 2.75) is 13.3 Å². The molecule has 1 saturated heterocycles. The third kappa shape index (κ3) is 4.50. The van der Waals surface area contributed by atoms with Crippen LogP contribution in [0.15, 0.2) is 48.5 Å². The molecule has 4 rings (SSSR count). The molecule has 2 heterocycles. The van der Waals surface area contributed by atoms with E-state index in [4.69, 9.17) is 11.6 Å². The third-order valence-corrected chi connectivity index (χ3v) is 5.92. The average Bonchev–Trinajstić information content (AvgIpc) is 3.05. The molecule has 3 aromatic rings. The highest BCUT2D eigenvalue weighted by molar-refractivity contribution is 6.33. The molecule has 2 N–H and O–H groups in total. The number of carbonyl (C=O) groups is 2. The molecule has 2 aromatic carbocycles. The van der Waals surface area contributed by atoms with Gasteiger partial charge in [0.2, 0.25) is 11.8 Å². The van der Waals surface area contributed by atoms with Crippen molar-refractivity contribution in [3.63, 3.8) is 0 Å². The third-order valence-electron chi connectivity index (χ3n) is 5.60. The Morgan fingerprint density at radius 3 is 2.50 bits per heavy atom. The fraction of sp³-hybridized carbons (Fsp3) is 0.304. The minimum atomic E-state index is -0.0997. The van der Waals surface area contributed by atoms with Crippen LogP contribution in [0.1, 0.15) is 11.3 Å². The Morgan fingerprint density at radius 1 is 1.03 bits per heavy atom. The number of piperazine rings is 1. The number of aryl methyl sites for hydroxylation is 1. The Morgan fingerprint density at radius 2 is 1.73 bits per heavy atom. The molecule has 1 aliphatic rings. The first-order valence-electron chi connectivity index (χ1n) is 10.1. The molecule has 0 spiro atoms. The number of para-hydroxylation sites is 2. The second-order valence-corrected chi connectivity index (χ2v) is 8.04. The van der Waals surface area contributed by atoms with Gasteiger partial charge in [0.1, 0.15) is 0 Å². The smallest absolute Gasteiger partial charge is 0.238 e. The summed E-state index contributed by atoms with van der Waals surface area (Å²) in [6.45, 7) is 4.90. The second-order valence-electron chi connectivity index (χ2n) is 7.64. The SMILES string of the molecule is Cc1[nH]c2ccccc2c1CC(=O)N1CCN(CC(=O)Nc2ccccc2Cl)CC1. The average molecular weight is 425 g/mol. The second kappa shape index (κ2) is 8.90. The molecule has 30 heavy (non-hydrogen) atoms. The van der Waals surface area contributed by atoms with Crippen molar-refractivity contribution in [2.75, 3.05) is 38.0 Å². The highest BCUT2D eigenvalue weighted by atomic mass is 35.5.